The van der Waals surface area contributed by atoms with Crippen molar-refractivity contribution in [3.8, 4) is 0 Å². The molecule has 4 rings (SSSR count). The lowest BCUT2D eigenvalue weighted by Gasteiger charge is -2.36. The Morgan fingerprint density at radius 3 is 2.55 bits per heavy atom. The standard InChI is InChI=1S/C25H31N3O4S/c1-17-11-12-22(26-18(2)29)24(15-17)33(31,32)28-14-13-19-7-3-6-10-21(19)23(28)16-25(30)27-20-8-4-5-9-20/h3,6-7,10-12,15,20,23H,4-5,8-9,13-14,16H2,1-2H3,(H,26,29)(H,27,30)/t23-/m1/s1. The predicted octanol–water partition coefficient (Wildman–Crippen LogP) is 3.69. The number of carbonyl (C=O) groups excluding carboxylic acids is 2. The number of fused-ring (bicyclic) bond motifs is 1. The molecule has 2 N–H and O–H groups in total. The molecule has 176 valence electrons. The van der Waals surface area contributed by atoms with Crippen LogP contribution in [0.4, 0.5) is 5.69 Å². The third-order valence-corrected chi connectivity index (χ3v) is 8.44. The molecule has 1 aliphatic heterocycles. The lowest BCUT2D eigenvalue weighted by atomic mass is 9.92. The Balaban J connectivity index is 1.71. The Morgan fingerprint density at radius 2 is 1.82 bits per heavy atom. The number of rotatable bonds is 6. The van der Waals surface area contributed by atoms with Crippen LogP contribution < -0.4 is 10.6 Å². The van der Waals surface area contributed by atoms with Gasteiger partial charge in [-0.15, -0.1) is 0 Å². The number of anilines is 1. The summed E-state index contributed by atoms with van der Waals surface area (Å²) in [5.41, 5.74) is 2.95. The smallest absolute Gasteiger partial charge is 0.245 e. The molecular weight excluding hydrogens is 438 g/mol. The van der Waals surface area contributed by atoms with Crippen LogP contribution in [0.2, 0.25) is 0 Å². The Kier molecular flexibility index (Phi) is 6.86. The highest BCUT2D eigenvalue weighted by Crippen LogP contribution is 2.38. The second-order valence-electron chi connectivity index (χ2n) is 9.01. The Labute approximate surface area is 195 Å². The van der Waals surface area contributed by atoms with Crippen molar-refractivity contribution < 1.29 is 18.0 Å². The third-order valence-electron chi connectivity index (χ3n) is 6.50. The van der Waals surface area contributed by atoms with Gasteiger partial charge in [0.2, 0.25) is 21.8 Å². The van der Waals surface area contributed by atoms with Crippen LogP contribution in [0.25, 0.3) is 0 Å². The molecular formula is C25H31N3O4S. The van der Waals surface area contributed by atoms with Crippen LogP contribution >= 0.6 is 0 Å². The van der Waals surface area contributed by atoms with Gasteiger partial charge in [-0.05, 0) is 55.0 Å². The van der Waals surface area contributed by atoms with Gasteiger partial charge in [0.15, 0.2) is 0 Å². The van der Waals surface area contributed by atoms with Gasteiger partial charge in [-0.25, -0.2) is 8.42 Å². The summed E-state index contributed by atoms with van der Waals surface area (Å²) in [5, 5.41) is 5.74. The fourth-order valence-corrected chi connectivity index (χ4v) is 6.76. The van der Waals surface area contributed by atoms with Crippen molar-refractivity contribution in [1.82, 2.24) is 9.62 Å². The van der Waals surface area contributed by atoms with Crippen molar-refractivity contribution in [3.05, 3.63) is 59.2 Å². The number of nitrogens with zero attached hydrogens (tertiary/aromatic N) is 1. The van der Waals surface area contributed by atoms with E-state index < -0.39 is 16.1 Å². The average Bonchev–Trinajstić information content (AvgIpc) is 3.27. The second kappa shape index (κ2) is 9.65. The highest BCUT2D eigenvalue weighted by atomic mass is 32.2. The van der Waals surface area contributed by atoms with Crippen LogP contribution in [-0.2, 0) is 26.0 Å². The van der Waals surface area contributed by atoms with Crippen LogP contribution in [-0.4, -0.2) is 37.1 Å². The van der Waals surface area contributed by atoms with Crippen LogP contribution in [0.1, 0.15) is 61.8 Å². The molecule has 0 radical (unpaired) electrons. The van der Waals surface area contributed by atoms with E-state index in [1.54, 1.807) is 18.2 Å². The highest BCUT2D eigenvalue weighted by Gasteiger charge is 2.39. The van der Waals surface area contributed by atoms with Gasteiger partial charge in [-0.1, -0.05) is 43.2 Å². The van der Waals surface area contributed by atoms with E-state index in [1.807, 2.05) is 31.2 Å². The van der Waals surface area contributed by atoms with Gasteiger partial charge in [0, 0.05) is 25.9 Å². The third kappa shape index (κ3) is 5.12. The summed E-state index contributed by atoms with van der Waals surface area (Å²) in [4.78, 5) is 24.7. The molecule has 1 atom stereocenters. The maximum Gasteiger partial charge on any atom is 0.245 e. The van der Waals surface area contributed by atoms with Gasteiger partial charge in [0.25, 0.3) is 0 Å². The number of sulfonamides is 1. The summed E-state index contributed by atoms with van der Waals surface area (Å²) in [6.45, 7) is 3.44. The minimum Gasteiger partial charge on any atom is -0.353 e. The van der Waals surface area contributed by atoms with Gasteiger partial charge in [-0.2, -0.15) is 4.31 Å². The molecule has 0 aromatic heterocycles. The SMILES string of the molecule is CC(=O)Nc1ccc(C)cc1S(=O)(=O)N1CCc2ccccc2[C@H]1CC(=O)NC1CCCC1. The minimum absolute atomic E-state index is 0.0540. The Hall–Kier alpha value is -2.71. The van der Waals surface area contributed by atoms with Crippen LogP contribution in [0.15, 0.2) is 47.4 Å². The van der Waals surface area contributed by atoms with Crippen molar-refractivity contribution >= 4 is 27.5 Å². The summed E-state index contributed by atoms with van der Waals surface area (Å²) in [6.07, 6.45) is 4.79. The highest BCUT2D eigenvalue weighted by molar-refractivity contribution is 7.89. The lowest BCUT2D eigenvalue weighted by Crippen LogP contribution is -2.43. The molecule has 1 aliphatic carbocycles. The number of hydrogen-bond acceptors (Lipinski definition) is 4. The number of hydrogen-bond donors (Lipinski definition) is 2. The zero-order chi connectivity index (χ0) is 23.6. The number of nitrogens with one attached hydrogen (secondary N) is 2. The molecule has 8 heteroatoms. The first-order valence-corrected chi connectivity index (χ1v) is 13.0. The molecule has 2 amide bonds. The predicted molar refractivity (Wildman–Crippen MR) is 127 cm³/mol. The summed E-state index contributed by atoms with van der Waals surface area (Å²) < 4.78 is 29.3. The largest absolute Gasteiger partial charge is 0.353 e. The van der Waals surface area contributed by atoms with Crippen LogP contribution in [0, 0.1) is 6.92 Å². The van der Waals surface area contributed by atoms with Gasteiger partial charge < -0.3 is 10.6 Å². The molecule has 33 heavy (non-hydrogen) atoms. The van der Waals surface area contributed by atoms with Crippen molar-refractivity contribution in [2.75, 3.05) is 11.9 Å². The van der Waals surface area contributed by atoms with Gasteiger partial charge in [-0.3, -0.25) is 9.59 Å². The van der Waals surface area contributed by atoms with Crippen molar-refractivity contribution in [2.45, 2.75) is 69.4 Å². The van der Waals surface area contributed by atoms with Gasteiger partial charge in [0.1, 0.15) is 4.90 Å². The molecule has 0 unspecified atom stereocenters. The van der Waals surface area contributed by atoms with Gasteiger partial charge in [0.05, 0.1) is 11.7 Å². The molecule has 1 saturated carbocycles. The number of benzene rings is 2. The van der Waals surface area contributed by atoms with E-state index in [-0.39, 0.29) is 41.4 Å². The monoisotopic (exact) mass is 469 g/mol. The van der Waals surface area contributed by atoms with Crippen molar-refractivity contribution in [1.29, 1.82) is 0 Å². The molecule has 2 aliphatic rings. The zero-order valence-corrected chi connectivity index (χ0v) is 20.0. The molecule has 0 spiro atoms. The Bertz CT molecular complexity index is 1160. The molecule has 1 fully saturated rings. The van der Waals surface area contributed by atoms with Crippen LogP contribution in [0.3, 0.4) is 0 Å². The van der Waals surface area contributed by atoms with Crippen molar-refractivity contribution in [3.63, 3.8) is 0 Å². The molecule has 2 aromatic carbocycles. The second-order valence-corrected chi connectivity index (χ2v) is 10.9. The summed E-state index contributed by atoms with van der Waals surface area (Å²) in [7, 11) is -3.99. The van der Waals surface area contributed by atoms with E-state index in [2.05, 4.69) is 10.6 Å². The van der Waals surface area contributed by atoms with E-state index >= 15 is 0 Å². The van der Waals surface area contributed by atoms with Crippen LogP contribution in [0.5, 0.6) is 0 Å². The van der Waals surface area contributed by atoms with E-state index in [0.717, 1.165) is 42.4 Å². The van der Waals surface area contributed by atoms with E-state index in [1.165, 1.54) is 11.2 Å². The normalized spacial score (nSPS) is 19.2. The first-order chi connectivity index (χ1) is 15.8. The maximum atomic E-state index is 13.9. The van der Waals surface area contributed by atoms with Crippen molar-refractivity contribution in [2.24, 2.45) is 0 Å². The number of aryl methyl sites for hydroxylation is 1. The zero-order valence-electron chi connectivity index (χ0n) is 19.1. The maximum absolute atomic E-state index is 13.9. The molecule has 1 heterocycles. The van der Waals surface area contributed by atoms with E-state index in [9.17, 15) is 18.0 Å². The summed E-state index contributed by atoms with van der Waals surface area (Å²) in [5.74, 6) is -0.470. The fraction of sp³-hybridized carbons (Fsp3) is 0.440. The topological polar surface area (TPSA) is 95.6 Å². The molecule has 0 bridgehead atoms. The first kappa shape index (κ1) is 23.4. The quantitative estimate of drug-likeness (QED) is 0.675. The molecule has 0 saturated heterocycles. The number of amides is 2. The first-order valence-electron chi connectivity index (χ1n) is 11.5. The Morgan fingerprint density at radius 1 is 1.09 bits per heavy atom. The van der Waals surface area contributed by atoms with E-state index in [0.29, 0.717) is 6.42 Å². The molecule has 2 aromatic rings. The summed E-state index contributed by atoms with van der Waals surface area (Å²) in [6, 6.07) is 12.3. The average molecular weight is 470 g/mol. The molecule has 7 nitrogen and oxygen atoms in total. The number of carbonyl (C=O) groups is 2. The summed E-state index contributed by atoms with van der Waals surface area (Å²) >= 11 is 0. The van der Waals surface area contributed by atoms with Gasteiger partial charge >= 0.3 is 0 Å². The fourth-order valence-electron chi connectivity index (χ4n) is 4.92. The lowest BCUT2D eigenvalue weighted by molar-refractivity contribution is -0.122. The van der Waals surface area contributed by atoms with E-state index in [4.69, 9.17) is 0 Å². The minimum atomic E-state index is -3.99.